The lowest BCUT2D eigenvalue weighted by Gasteiger charge is -2.05. The Kier molecular flexibility index (Phi) is 4.10. The van der Waals surface area contributed by atoms with Crippen LogP contribution in [0.25, 0.3) is 11.3 Å². The van der Waals surface area contributed by atoms with Gasteiger partial charge in [0, 0.05) is 23.6 Å². The summed E-state index contributed by atoms with van der Waals surface area (Å²) < 4.78 is 15.9. The lowest BCUT2D eigenvalue weighted by Crippen LogP contribution is -2.05. The van der Waals surface area contributed by atoms with Crippen LogP contribution in [0.5, 0.6) is 0 Å². The number of aromatic nitrogens is 2. The fourth-order valence-electron chi connectivity index (χ4n) is 2.16. The van der Waals surface area contributed by atoms with Crippen molar-refractivity contribution in [1.29, 1.82) is 0 Å². The van der Waals surface area contributed by atoms with Crippen LogP contribution in [0.2, 0.25) is 5.02 Å². The molecule has 2 N–H and O–H groups in total. The van der Waals surface area contributed by atoms with Crippen molar-refractivity contribution in [2.24, 2.45) is 0 Å². The Hall–Kier alpha value is -1.55. The zero-order valence-corrected chi connectivity index (χ0v) is 11.8. The second kappa shape index (κ2) is 5.61. The van der Waals surface area contributed by atoms with Crippen molar-refractivity contribution in [3.05, 3.63) is 34.9 Å². The minimum absolute atomic E-state index is 0.364. The molecule has 0 aliphatic carbocycles. The van der Waals surface area contributed by atoms with Crippen molar-refractivity contribution < 1.29 is 4.39 Å². The molecule has 0 atom stereocenters. The van der Waals surface area contributed by atoms with E-state index in [4.69, 9.17) is 17.3 Å². The van der Waals surface area contributed by atoms with Gasteiger partial charge in [0.15, 0.2) is 0 Å². The maximum atomic E-state index is 14.0. The van der Waals surface area contributed by atoms with Crippen LogP contribution in [0.15, 0.2) is 18.2 Å². The van der Waals surface area contributed by atoms with E-state index in [0.29, 0.717) is 22.1 Å². The van der Waals surface area contributed by atoms with E-state index in [-0.39, 0.29) is 0 Å². The van der Waals surface area contributed by atoms with Gasteiger partial charge >= 0.3 is 0 Å². The summed E-state index contributed by atoms with van der Waals surface area (Å²) in [6.07, 6.45) is 1.80. The summed E-state index contributed by atoms with van der Waals surface area (Å²) in [6, 6.07) is 4.54. The molecule has 0 unspecified atom stereocenters. The maximum Gasteiger partial charge on any atom is 0.134 e. The van der Waals surface area contributed by atoms with E-state index in [1.807, 2.05) is 11.5 Å². The molecule has 0 radical (unpaired) electrons. The van der Waals surface area contributed by atoms with Crippen LogP contribution < -0.4 is 5.73 Å². The first-order valence-electron chi connectivity index (χ1n) is 6.38. The van der Waals surface area contributed by atoms with Crippen LogP contribution in [0.4, 0.5) is 10.2 Å². The molecule has 0 aliphatic heterocycles. The van der Waals surface area contributed by atoms with E-state index in [1.54, 1.807) is 12.1 Å². The molecule has 19 heavy (non-hydrogen) atoms. The Morgan fingerprint density at radius 2 is 2.11 bits per heavy atom. The smallest absolute Gasteiger partial charge is 0.134 e. The van der Waals surface area contributed by atoms with Crippen molar-refractivity contribution in [2.75, 3.05) is 5.73 Å². The minimum Gasteiger partial charge on any atom is -0.383 e. The molecule has 3 nitrogen and oxygen atoms in total. The summed E-state index contributed by atoms with van der Waals surface area (Å²) in [5, 5.41) is 0.364. The van der Waals surface area contributed by atoms with Crippen molar-refractivity contribution in [3.63, 3.8) is 0 Å². The second-order valence-electron chi connectivity index (χ2n) is 4.38. The summed E-state index contributed by atoms with van der Waals surface area (Å²) in [5.41, 5.74) is 6.98. The van der Waals surface area contributed by atoms with Crippen LogP contribution in [0.3, 0.4) is 0 Å². The van der Waals surface area contributed by atoms with Gasteiger partial charge in [-0.1, -0.05) is 18.5 Å². The predicted octanol–water partition coefficient (Wildman–Crippen LogP) is 3.90. The Bertz CT molecular complexity index is 593. The first-order valence-corrected chi connectivity index (χ1v) is 6.76. The van der Waals surface area contributed by atoms with Gasteiger partial charge in [0.2, 0.25) is 0 Å². The van der Waals surface area contributed by atoms with Crippen LogP contribution in [-0.2, 0) is 13.0 Å². The molecule has 0 bridgehead atoms. The van der Waals surface area contributed by atoms with Gasteiger partial charge in [-0.25, -0.2) is 9.37 Å². The first kappa shape index (κ1) is 13.9. The number of hydrogen-bond donors (Lipinski definition) is 1. The predicted molar refractivity (Wildman–Crippen MR) is 76.7 cm³/mol. The number of nitrogens with zero attached hydrogens (tertiary/aromatic N) is 2. The Morgan fingerprint density at radius 1 is 1.37 bits per heavy atom. The fourth-order valence-corrected chi connectivity index (χ4v) is 2.32. The molecule has 2 rings (SSSR count). The fraction of sp³-hybridized carbons (Fsp3) is 0.357. The average Bonchev–Trinajstić information content (AvgIpc) is 2.66. The molecule has 0 saturated carbocycles. The van der Waals surface area contributed by atoms with Crippen molar-refractivity contribution >= 4 is 17.4 Å². The highest BCUT2D eigenvalue weighted by atomic mass is 35.5. The number of hydrogen-bond acceptors (Lipinski definition) is 2. The van der Waals surface area contributed by atoms with E-state index in [9.17, 15) is 4.39 Å². The molecule has 102 valence electrons. The third-order valence-corrected chi connectivity index (χ3v) is 3.30. The number of rotatable bonds is 4. The highest BCUT2D eigenvalue weighted by Gasteiger charge is 2.17. The topological polar surface area (TPSA) is 43.8 Å². The number of halogens is 2. The summed E-state index contributed by atoms with van der Waals surface area (Å²) in [5.74, 6) is 1.00. The highest BCUT2D eigenvalue weighted by molar-refractivity contribution is 6.30. The number of benzene rings is 1. The molecule has 0 saturated heterocycles. The van der Waals surface area contributed by atoms with E-state index >= 15 is 0 Å². The van der Waals surface area contributed by atoms with Crippen LogP contribution in [0, 0.1) is 5.82 Å². The van der Waals surface area contributed by atoms with Gasteiger partial charge < -0.3 is 10.3 Å². The Morgan fingerprint density at radius 3 is 2.68 bits per heavy atom. The van der Waals surface area contributed by atoms with Gasteiger partial charge in [-0.3, -0.25) is 0 Å². The number of nitrogen functional groups attached to an aromatic ring is 1. The summed E-state index contributed by atoms with van der Waals surface area (Å²) in [4.78, 5) is 4.49. The van der Waals surface area contributed by atoms with Gasteiger partial charge in [0.25, 0.3) is 0 Å². The van der Waals surface area contributed by atoms with Gasteiger partial charge in [-0.15, -0.1) is 0 Å². The standard InChI is InChI=1S/C14H17ClFN3/c1-3-5-12-18-13(14(17)19(12)4-2)10-7-6-9(15)8-11(10)16/h6-8H,3-5,17H2,1-2H3. The lowest BCUT2D eigenvalue weighted by molar-refractivity contribution is 0.631. The van der Waals surface area contributed by atoms with E-state index < -0.39 is 5.82 Å². The normalized spacial score (nSPS) is 10.9. The molecule has 1 aromatic carbocycles. The van der Waals surface area contributed by atoms with Gasteiger partial charge in [0.1, 0.15) is 23.2 Å². The number of aryl methyl sites for hydroxylation is 1. The number of imidazole rings is 1. The van der Waals surface area contributed by atoms with E-state index in [1.165, 1.54) is 6.07 Å². The number of anilines is 1. The molecule has 0 amide bonds. The second-order valence-corrected chi connectivity index (χ2v) is 4.82. The maximum absolute atomic E-state index is 14.0. The molecule has 0 fully saturated rings. The molecule has 1 heterocycles. The van der Waals surface area contributed by atoms with Crippen molar-refractivity contribution in [2.45, 2.75) is 33.2 Å². The zero-order valence-electron chi connectivity index (χ0n) is 11.1. The third kappa shape index (κ3) is 2.59. The SMILES string of the molecule is CCCc1nc(-c2ccc(Cl)cc2F)c(N)n1CC. The Balaban J connectivity index is 2.56. The molecular weight excluding hydrogens is 265 g/mol. The van der Waals surface area contributed by atoms with Gasteiger partial charge in [-0.2, -0.15) is 0 Å². The lowest BCUT2D eigenvalue weighted by atomic mass is 10.1. The summed E-state index contributed by atoms with van der Waals surface area (Å²) in [7, 11) is 0. The quantitative estimate of drug-likeness (QED) is 0.924. The van der Waals surface area contributed by atoms with Crippen LogP contribution in [-0.4, -0.2) is 9.55 Å². The average molecular weight is 282 g/mol. The summed E-state index contributed by atoms with van der Waals surface area (Å²) in [6.45, 7) is 4.80. The van der Waals surface area contributed by atoms with Crippen LogP contribution >= 0.6 is 11.6 Å². The monoisotopic (exact) mass is 281 g/mol. The molecule has 2 aromatic rings. The summed E-state index contributed by atoms with van der Waals surface area (Å²) >= 11 is 5.76. The van der Waals surface area contributed by atoms with Gasteiger partial charge in [-0.05, 0) is 31.5 Å². The molecule has 5 heteroatoms. The van der Waals surface area contributed by atoms with E-state index in [0.717, 1.165) is 25.2 Å². The third-order valence-electron chi connectivity index (χ3n) is 3.06. The molecular formula is C14H17ClFN3. The first-order chi connectivity index (χ1) is 9.08. The van der Waals surface area contributed by atoms with Crippen molar-refractivity contribution in [3.8, 4) is 11.3 Å². The van der Waals surface area contributed by atoms with Crippen LogP contribution in [0.1, 0.15) is 26.1 Å². The zero-order chi connectivity index (χ0) is 14.0. The van der Waals surface area contributed by atoms with Gasteiger partial charge in [0.05, 0.1) is 0 Å². The van der Waals surface area contributed by atoms with Crippen molar-refractivity contribution in [1.82, 2.24) is 9.55 Å². The highest BCUT2D eigenvalue weighted by Crippen LogP contribution is 2.30. The Labute approximate surface area is 117 Å². The molecule has 0 spiro atoms. The largest absolute Gasteiger partial charge is 0.383 e. The van der Waals surface area contributed by atoms with E-state index in [2.05, 4.69) is 11.9 Å². The number of nitrogens with two attached hydrogens (primary N) is 1. The molecule has 0 aliphatic rings. The minimum atomic E-state index is -0.400. The molecule has 1 aromatic heterocycles.